The van der Waals surface area contributed by atoms with E-state index in [-0.39, 0.29) is 5.91 Å². The zero-order valence-corrected chi connectivity index (χ0v) is 14.8. The molecular formula is C17H16BrN3OS. The number of halogens is 1. The molecule has 6 heteroatoms. The number of nitrogens with one attached hydrogen (secondary N) is 1. The molecule has 0 radical (unpaired) electrons. The first kappa shape index (κ1) is 16.0. The van der Waals surface area contributed by atoms with Crippen molar-refractivity contribution < 1.29 is 4.79 Å². The highest BCUT2D eigenvalue weighted by Crippen LogP contribution is 2.15. The van der Waals surface area contributed by atoms with E-state index in [1.54, 1.807) is 22.2 Å². The van der Waals surface area contributed by atoms with Gasteiger partial charge in [0.15, 0.2) is 0 Å². The van der Waals surface area contributed by atoms with Crippen molar-refractivity contribution in [2.45, 2.75) is 19.4 Å². The van der Waals surface area contributed by atoms with E-state index in [1.807, 2.05) is 41.8 Å². The number of benzene rings is 1. The molecule has 0 saturated carbocycles. The van der Waals surface area contributed by atoms with Gasteiger partial charge in [0.05, 0.1) is 12.7 Å². The van der Waals surface area contributed by atoms with Gasteiger partial charge in [-0.25, -0.2) is 4.68 Å². The first-order valence-corrected chi connectivity index (χ1v) is 8.96. The van der Waals surface area contributed by atoms with Crippen LogP contribution in [0.15, 0.2) is 58.5 Å². The maximum Gasteiger partial charge on any atom is 0.225 e. The molecule has 0 saturated heterocycles. The molecule has 1 amide bonds. The monoisotopic (exact) mass is 389 g/mol. The Morgan fingerprint density at radius 1 is 1.22 bits per heavy atom. The molecule has 4 nitrogen and oxygen atoms in total. The van der Waals surface area contributed by atoms with Gasteiger partial charge in [0.25, 0.3) is 0 Å². The van der Waals surface area contributed by atoms with Crippen molar-refractivity contribution in [2.24, 2.45) is 0 Å². The number of nitrogens with zero attached hydrogens (tertiary/aromatic N) is 2. The van der Waals surface area contributed by atoms with E-state index in [9.17, 15) is 4.79 Å². The minimum atomic E-state index is 0.0101. The molecule has 2 heterocycles. The van der Waals surface area contributed by atoms with E-state index >= 15 is 0 Å². The lowest BCUT2D eigenvalue weighted by Gasteiger charge is -2.09. The fraction of sp³-hybridized carbons (Fsp3) is 0.176. The summed E-state index contributed by atoms with van der Waals surface area (Å²) >= 11 is 5.10. The molecule has 0 atom stereocenters. The second-order valence-corrected chi connectivity index (χ2v) is 7.08. The van der Waals surface area contributed by atoms with Crippen molar-refractivity contribution in [1.29, 1.82) is 0 Å². The minimum absolute atomic E-state index is 0.0101. The number of anilines is 1. The summed E-state index contributed by atoms with van der Waals surface area (Å²) in [7, 11) is 0. The predicted molar refractivity (Wildman–Crippen MR) is 96.7 cm³/mol. The van der Waals surface area contributed by atoms with Crippen LogP contribution < -0.4 is 5.32 Å². The number of aryl methyl sites for hydroxylation is 1. The van der Waals surface area contributed by atoms with Crippen molar-refractivity contribution in [3.63, 3.8) is 0 Å². The van der Waals surface area contributed by atoms with Crippen molar-refractivity contribution >= 4 is 39.0 Å². The Kier molecular flexibility index (Phi) is 5.25. The van der Waals surface area contributed by atoms with Gasteiger partial charge in [0, 0.05) is 21.8 Å². The van der Waals surface area contributed by atoms with Gasteiger partial charge in [0.1, 0.15) is 5.82 Å². The summed E-state index contributed by atoms with van der Waals surface area (Å²) in [6, 6.07) is 13.9. The highest BCUT2D eigenvalue weighted by atomic mass is 79.9. The number of amides is 1. The summed E-state index contributed by atoms with van der Waals surface area (Å²) in [5.74, 6) is 0.736. The lowest BCUT2D eigenvalue weighted by atomic mass is 10.2. The number of carbonyl (C=O) groups excluding carboxylic acids is 1. The fourth-order valence-electron chi connectivity index (χ4n) is 2.22. The minimum Gasteiger partial charge on any atom is -0.311 e. The summed E-state index contributed by atoms with van der Waals surface area (Å²) in [6.07, 6.45) is 2.95. The van der Waals surface area contributed by atoms with Gasteiger partial charge in [0.2, 0.25) is 5.91 Å². The lowest BCUT2D eigenvalue weighted by molar-refractivity contribution is -0.116. The number of thiophene rings is 1. The molecule has 0 aliphatic heterocycles. The number of hydrogen-bond donors (Lipinski definition) is 1. The Labute approximate surface area is 147 Å². The van der Waals surface area contributed by atoms with E-state index in [0.29, 0.717) is 13.0 Å². The molecular weight excluding hydrogens is 374 g/mol. The molecule has 3 rings (SSSR count). The smallest absolute Gasteiger partial charge is 0.225 e. The SMILES string of the molecule is O=C(CCc1cccs1)Nc1ccnn1Cc1ccc(Br)cc1. The molecule has 0 bridgehead atoms. The molecule has 1 aromatic carbocycles. The van der Waals surface area contributed by atoms with Crippen LogP contribution in [-0.4, -0.2) is 15.7 Å². The number of carbonyl (C=O) groups is 1. The quantitative estimate of drug-likeness (QED) is 0.681. The van der Waals surface area contributed by atoms with E-state index in [1.165, 1.54) is 4.88 Å². The van der Waals surface area contributed by atoms with E-state index < -0.39 is 0 Å². The van der Waals surface area contributed by atoms with Crippen LogP contribution in [-0.2, 0) is 17.8 Å². The van der Waals surface area contributed by atoms with Gasteiger partial charge in [-0.2, -0.15) is 5.10 Å². The van der Waals surface area contributed by atoms with Gasteiger partial charge < -0.3 is 5.32 Å². The van der Waals surface area contributed by atoms with Crippen LogP contribution in [0.4, 0.5) is 5.82 Å². The summed E-state index contributed by atoms with van der Waals surface area (Å²) in [4.78, 5) is 13.3. The van der Waals surface area contributed by atoms with Gasteiger partial charge in [-0.15, -0.1) is 11.3 Å². The van der Waals surface area contributed by atoms with Crippen molar-refractivity contribution in [2.75, 3.05) is 5.32 Å². The van der Waals surface area contributed by atoms with Crippen molar-refractivity contribution in [3.8, 4) is 0 Å². The second-order valence-electron chi connectivity index (χ2n) is 5.13. The summed E-state index contributed by atoms with van der Waals surface area (Å²) in [5, 5.41) is 9.26. The van der Waals surface area contributed by atoms with E-state index in [0.717, 1.165) is 22.3 Å². The molecule has 118 valence electrons. The Balaban J connectivity index is 1.59. The van der Waals surface area contributed by atoms with Crippen LogP contribution >= 0.6 is 27.3 Å². The van der Waals surface area contributed by atoms with Crippen LogP contribution in [0.25, 0.3) is 0 Å². The Hall–Kier alpha value is -1.92. The third-order valence-corrected chi connectivity index (χ3v) is 4.87. The van der Waals surface area contributed by atoms with Gasteiger partial charge in [-0.3, -0.25) is 4.79 Å². The maximum absolute atomic E-state index is 12.1. The number of aromatic nitrogens is 2. The Bertz CT molecular complexity index is 766. The molecule has 0 aliphatic rings. The van der Waals surface area contributed by atoms with Crippen LogP contribution in [0.3, 0.4) is 0 Å². The van der Waals surface area contributed by atoms with E-state index in [4.69, 9.17) is 0 Å². The van der Waals surface area contributed by atoms with Gasteiger partial charge in [-0.05, 0) is 35.6 Å². The summed E-state index contributed by atoms with van der Waals surface area (Å²) in [5.41, 5.74) is 1.13. The average Bonchev–Trinajstić information content (AvgIpc) is 3.20. The topological polar surface area (TPSA) is 46.9 Å². The van der Waals surface area contributed by atoms with Crippen molar-refractivity contribution in [1.82, 2.24) is 9.78 Å². The molecule has 3 aromatic rings. The zero-order chi connectivity index (χ0) is 16.1. The second kappa shape index (κ2) is 7.57. The maximum atomic E-state index is 12.1. The van der Waals surface area contributed by atoms with Gasteiger partial charge >= 0.3 is 0 Å². The fourth-order valence-corrected chi connectivity index (χ4v) is 3.20. The average molecular weight is 390 g/mol. The molecule has 0 aliphatic carbocycles. The Morgan fingerprint density at radius 2 is 2.04 bits per heavy atom. The van der Waals surface area contributed by atoms with Crippen LogP contribution in [0.5, 0.6) is 0 Å². The predicted octanol–water partition coefficient (Wildman–Crippen LogP) is 4.33. The lowest BCUT2D eigenvalue weighted by Crippen LogP contribution is -2.16. The Morgan fingerprint density at radius 3 is 2.78 bits per heavy atom. The first-order valence-electron chi connectivity index (χ1n) is 7.29. The molecule has 23 heavy (non-hydrogen) atoms. The number of rotatable bonds is 6. The van der Waals surface area contributed by atoms with Crippen LogP contribution in [0.1, 0.15) is 16.9 Å². The third kappa shape index (κ3) is 4.53. The molecule has 0 spiro atoms. The summed E-state index contributed by atoms with van der Waals surface area (Å²) in [6.45, 7) is 0.626. The molecule has 2 aromatic heterocycles. The van der Waals surface area contributed by atoms with Crippen LogP contribution in [0, 0.1) is 0 Å². The molecule has 1 N–H and O–H groups in total. The highest BCUT2D eigenvalue weighted by molar-refractivity contribution is 9.10. The largest absolute Gasteiger partial charge is 0.311 e. The third-order valence-electron chi connectivity index (χ3n) is 3.41. The first-order chi connectivity index (χ1) is 11.2. The highest BCUT2D eigenvalue weighted by Gasteiger charge is 2.08. The molecule has 0 fully saturated rings. The van der Waals surface area contributed by atoms with Gasteiger partial charge in [-0.1, -0.05) is 34.1 Å². The summed E-state index contributed by atoms with van der Waals surface area (Å²) < 4.78 is 2.84. The normalized spacial score (nSPS) is 10.7. The van der Waals surface area contributed by atoms with E-state index in [2.05, 4.69) is 32.4 Å². The zero-order valence-electron chi connectivity index (χ0n) is 12.4. The number of hydrogen-bond acceptors (Lipinski definition) is 3. The van der Waals surface area contributed by atoms with Crippen molar-refractivity contribution in [3.05, 3.63) is 69.0 Å². The standard InChI is InChI=1S/C17H16BrN3OS/c18-14-5-3-13(4-6-14)12-21-16(9-10-19-21)20-17(22)8-7-15-2-1-11-23-15/h1-6,9-11H,7-8,12H2,(H,20,22). The van der Waals surface area contributed by atoms with Crippen LogP contribution in [0.2, 0.25) is 0 Å². The molecule has 0 unspecified atom stereocenters.